The number of piperidine rings is 1. The molecular weight excluding hydrogens is 254 g/mol. The Morgan fingerprint density at radius 2 is 2.30 bits per heavy atom. The number of benzene rings is 1. The average Bonchev–Trinajstić information content (AvgIpc) is 2.44. The van der Waals surface area contributed by atoms with Crippen LogP contribution in [0.3, 0.4) is 0 Å². The average molecular weight is 277 g/mol. The second-order valence-corrected chi connectivity index (χ2v) is 5.70. The van der Waals surface area contributed by atoms with E-state index in [1.165, 1.54) is 0 Å². The Morgan fingerprint density at radius 1 is 1.55 bits per heavy atom. The molecular formula is C15H23N3O2. The molecule has 1 saturated heterocycles. The van der Waals surface area contributed by atoms with Crippen molar-refractivity contribution in [3.63, 3.8) is 0 Å². The Morgan fingerprint density at radius 3 is 2.90 bits per heavy atom. The third-order valence-corrected chi connectivity index (χ3v) is 4.30. The van der Waals surface area contributed by atoms with E-state index in [1.54, 1.807) is 18.2 Å². The Balaban J connectivity index is 2.19. The fourth-order valence-corrected chi connectivity index (χ4v) is 3.03. The molecule has 1 aromatic carbocycles. The second-order valence-electron chi connectivity index (χ2n) is 5.70. The van der Waals surface area contributed by atoms with Gasteiger partial charge in [0.1, 0.15) is 0 Å². The predicted octanol–water partition coefficient (Wildman–Crippen LogP) is 2.72. The number of rotatable bonds is 4. The lowest BCUT2D eigenvalue weighted by atomic mass is 9.91. The van der Waals surface area contributed by atoms with Gasteiger partial charge in [0.25, 0.3) is 5.69 Å². The molecule has 1 heterocycles. The standard InChI is InChI=1S/C15H23N3O2/c1-3-15(17-8-7-14(16)11(2)10-17)12-5-4-6-13(9-12)18(19)20/h4-6,9,11,14-15H,3,7-8,10,16H2,1-2H3. The quantitative estimate of drug-likeness (QED) is 0.678. The van der Waals surface area contributed by atoms with E-state index >= 15 is 0 Å². The van der Waals surface area contributed by atoms with Crippen LogP contribution in [0.4, 0.5) is 5.69 Å². The van der Waals surface area contributed by atoms with Gasteiger partial charge in [-0.2, -0.15) is 0 Å². The number of hydrogen-bond acceptors (Lipinski definition) is 4. The Bertz CT molecular complexity index is 478. The lowest BCUT2D eigenvalue weighted by Crippen LogP contribution is -2.47. The summed E-state index contributed by atoms with van der Waals surface area (Å²) >= 11 is 0. The minimum Gasteiger partial charge on any atom is -0.327 e. The number of nitrogens with two attached hydrogens (primary N) is 1. The van der Waals surface area contributed by atoms with Gasteiger partial charge in [0.2, 0.25) is 0 Å². The first kappa shape index (κ1) is 14.9. The molecule has 3 unspecified atom stereocenters. The first-order valence-corrected chi connectivity index (χ1v) is 7.27. The Labute approximate surface area is 119 Å². The third kappa shape index (κ3) is 3.16. The van der Waals surface area contributed by atoms with Gasteiger partial charge in [-0.15, -0.1) is 0 Å². The van der Waals surface area contributed by atoms with Crippen LogP contribution in [0.15, 0.2) is 24.3 Å². The molecule has 2 N–H and O–H groups in total. The number of nitro benzene ring substituents is 1. The van der Waals surface area contributed by atoms with Gasteiger partial charge < -0.3 is 5.73 Å². The summed E-state index contributed by atoms with van der Waals surface area (Å²) in [6.07, 6.45) is 1.94. The number of nitro groups is 1. The highest BCUT2D eigenvalue weighted by Gasteiger charge is 2.28. The van der Waals surface area contributed by atoms with E-state index in [2.05, 4.69) is 18.7 Å². The lowest BCUT2D eigenvalue weighted by Gasteiger charge is -2.40. The van der Waals surface area contributed by atoms with Crippen molar-refractivity contribution < 1.29 is 4.92 Å². The van der Waals surface area contributed by atoms with Crippen molar-refractivity contribution >= 4 is 5.69 Å². The predicted molar refractivity (Wildman–Crippen MR) is 79.5 cm³/mol. The minimum atomic E-state index is -0.328. The molecule has 0 aromatic heterocycles. The van der Waals surface area contributed by atoms with Crippen molar-refractivity contribution in [3.05, 3.63) is 39.9 Å². The van der Waals surface area contributed by atoms with Crippen molar-refractivity contribution in [1.29, 1.82) is 0 Å². The molecule has 0 spiro atoms. The fourth-order valence-electron chi connectivity index (χ4n) is 3.03. The summed E-state index contributed by atoms with van der Waals surface area (Å²) in [6.45, 7) is 6.23. The van der Waals surface area contributed by atoms with Gasteiger partial charge >= 0.3 is 0 Å². The summed E-state index contributed by atoms with van der Waals surface area (Å²) in [7, 11) is 0. The molecule has 20 heavy (non-hydrogen) atoms. The molecule has 1 aromatic rings. The number of likely N-dealkylation sites (tertiary alicyclic amines) is 1. The molecule has 5 heteroatoms. The van der Waals surface area contributed by atoms with Crippen LogP contribution in [-0.4, -0.2) is 29.0 Å². The highest BCUT2D eigenvalue weighted by atomic mass is 16.6. The number of non-ortho nitro benzene ring substituents is 1. The zero-order valence-corrected chi connectivity index (χ0v) is 12.2. The van der Waals surface area contributed by atoms with E-state index in [0.29, 0.717) is 5.92 Å². The smallest absolute Gasteiger partial charge is 0.269 e. The van der Waals surface area contributed by atoms with Crippen LogP contribution in [0.5, 0.6) is 0 Å². The first-order chi connectivity index (χ1) is 9.52. The number of hydrogen-bond donors (Lipinski definition) is 1. The number of nitrogens with zero attached hydrogens (tertiary/aromatic N) is 2. The van der Waals surface area contributed by atoms with Gasteiger partial charge in [-0.05, 0) is 24.3 Å². The molecule has 110 valence electrons. The van der Waals surface area contributed by atoms with E-state index in [4.69, 9.17) is 5.73 Å². The second kappa shape index (κ2) is 6.33. The molecule has 2 rings (SSSR count). The maximum Gasteiger partial charge on any atom is 0.269 e. The van der Waals surface area contributed by atoms with E-state index in [-0.39, 0.29) is 22.7 Å². The molecule has 1 aliphatic rings. The molecule has 0 radical (unpaired) electrons. The van der Waals surface area contributed by atoms with Gasteiger partial charge in [-0.25, -0.2) is 0 Å². The summed E-state index contributed by atoms with van der Waals surface area (Å²) < 4.78 is 0. The molecule has 1 aliphatic heterocycles. The van der Waals surface area contributed by atoms with E-state index in [9.17, 15) is 10.1 Å². The largest absolute Gasteiger partial charge is 0.327 e. The normalized spacial score (nSPS) is 25.4. The van der Waals surface area contributed by atoms with Crippen LogP contribution < -0.4 is 5.73 Å². The van der Waals surface area contributed by atoms with E-state index in [1.807, 2.05) is 6.07 Å². The zero-order valence-electron chi connectivity index (χ0n) is 12.2. The first-order valence-electron chi connectivity index (χ1n) is 7.27. The maximum atomic E-state index is 10.9. The van der Waals surface area contributed by atoms with Crippen molar-refractivity contribution in [2.45, 2.75) is 38.8 Å². The van der Waals surface area contributed by atoms with E-state index < -0.39 is 0 Å². The molecule has 1 fully saturated rings. The SMILES string of the molecule is CCC(c1cccc([N+](=O)[O-])c1)N1CCC(N)C(C)C1. The maximum absolute atomic E-state index is 10.9. The Kier molecular flexibility index (Phi) is 4.73. The lowest BCUT2D eigenvalue weighted by molar-refractivity contribution is -0.385. The third-order valence-electron chi connectivity index (χ3n) is 4.30. The molecule has 0 saturated carbocycles. The summed E-state index contributed by atoms with van der Waals surface area (Å²) in [6, 6.07) is 7.52. The fraction of sp³-hybridized carbons (Fsp3) is 0.600. The highest BCUT2D eigenvalue weighted by molar-refractivity contribution is 5.35. The van der Waals surface area contributed by atoms with Crippen LogP contribution in [0.25, 0.3) is 0 Å². The van der Waals surface area contributed by atoms with Crippen molar-refractivity contribution in [2.75, 3.05) is 13.1 Å². The van der Waals surface area contributed by atoms with E-state index in [0.717, 1.165) is 31.5 Å². The van der Waals surface area contributed by atoms with Gasteiger partial charge in [-0.1, -0.05) is 26.0 Å². The van der Waals surface area contributed by atoms with Crippen LogP contribution in [-0.2, 0) is 0 Å². The zero-order chi connectivity index (χ0) is 14.7. The van der Waals surface area contributed by atoms with Gasteiger partial charge in [0.05, 0.1) is 4.92 Å². The van der Waals surface area contributed by atoms with Gasteiger partial charge in [-0.3, -0.25) is 15.0 Å². The summed E-state index contributed by atoms with van der Waals surface area (Å²) in [5, 5.41) is 10.9. The summed E-state index contributed by atoms with van der Waals surface area (Å²) in [5.74, 6) is 0.469. The van der Waals surface area contributed by atoms with Crippen LogP contribution in [0.2, 0.25) is 0 Å². The molecule has 5 nitrogen and oxygen atoms in total. The van der Waals surface area contributed by atoms with Crippen molar-refractivity contribution in [1.82, 2.24) is 4.90 Å². The molecule has 0 amide bonds. The Hall–Kier alpha value is -1.46. The molecule has 3 atom stereocenters. The minimum absolute atomic E-state index is 0.169. The topological polar surface area (TPSA) is 72.4 Å². The monoisotopic (exact) mass is 277 g/mol. The van der Waals surface area contributed by atoms with Crippen LogP contribution in [0.1, 0.15) is 38.3 Å². The highest BCUT2D eigenvalue weighted by Crippen LogP contribution is 2.30. The summed E-state index contributed by atoms with van der Waals surface area (Å²) in [4.78, 5) is 13.0. The molecule has 0 bridgehead atoms. The van der Waals surface area contributed by atoms with Crippen LogP contribution in [0, 0.1) is 16.0 Å². The summed E-state index contributed by atoms with van der Waals surface area (Å²) in [5.41, 5.74) is 7.27. The van der Waals surface area contributed by atoms with Crippen molar-refractivity contribution in [3.8, 4) is 0 Å². The van der Waals surface area contributed by atoms with Crippen molar-refractivity contribution in [2.24, 2.45) is 11.7 Å². The van der Waals surface area contributed by atoms with Crippen LogP contribution >= 0.6 is 0 Å². The van der Waals surface area contributed by atoms with Gasteiger partial charge in [0, 0.05) is 37.3 Å². The molecule has 0 aliphatic carbocycles. The van der Waals surface area contributed by atoms with Gasteiger partial charge in [0.15, 0.2) is 0 Å².